The number of nitrogens with one attached hydrogen (secondary N) is 2. The third-order valence-corrected chi connectivity index (χ3v) is 10.0. The van der Waals surface area contributed by atoms with E-state index in [4.69, 9.17) is 24.4 Å². The Balaban J connectivity index is 1.66. The molecule has 8 bridgehead atoms. The molecule has 6 aromatic rings. The zero-order valence-corrected chi connectivity index (χ0v) is 28.5. The maximum Gasteiger partial charge on any atom is 0.305 e. The minimum Gasteiger partial charge on any atom is -0.469 e. The van der Waals surface area contributed by atoms with Gasteiger partial charge in [0.2, 0.25) is 0 Å². The van der Waals surface area contributed by atoms with Crippen molar-refractivity contribution < 1.29 is 19.1 Å². The van der Waals surface area contributed by atoms with Crippen LogP contribution in [0.4, 0.5) is 0 Å². The number of allylic oxidation sites excluding steroid dienone is 2. The van der Waals surface area contributed by atoms with Crippen molar-refractivity contribution >= 4 is 77.9 Å². The normalized spacial score (nSPS) is 12.6. The van der Waals surface area contributed by atoms with Gasteiger partial charge in [-0.05, 0) is 116 Å². The van der Waals surface area contributed by atoms with Gasteiger partial charge in [0.05, 0.1) is 42.2 Å². The number of fused-ring (bicyclic) bond motifs is 9. The van der Waals surface area contributed by atoms with Gasteiger partial charge in [-0.1, -0.05) is 6.92 Å². The van der Waals surface area contributed by atoms with Crippen LogP contribution in [0.25, 0.3) is 65.9 Å². The number of methoxy groups -OCH3 is 2. The highest BCUT2D eigenvalue weighted by molar-refractivity contribution is 6.22. The molecule has 0 saturated carbocycles. The Kier molecular flexibility index (Phi) is 7.86. The van der Waals surface area contributed by atoms with Crippen molar-refractivity contribution in [2.75, 3.05) is 14.2 Å². The van der Waals surface area contributed by atoms with Crippen LogP contribution in [0, 0.1) is 20.8 Å². The molecule has 0 unspecified atom stereocenters. The molecule has 0 amide bonds. The third kappa shape index (κ3) is 5.05. The molecule has 5 aromatic heterocycles. The summed E-state index contributed by atoms with van der Waals surface area (Å²) in [5.41, 5.74) is 15.6. The van der Waals surface area contributed by atoms with E-state index in [0.29, 0.717) is 12.8 Å². The number of H-pyrrole nitrogens is 2. The molecule has 1 aliphatic rings. The fourth-order valence-corrected chi connectivity index (χ4v) is 7.29. The molecule has 9 nitrogen and oxygen atoms in total. The molecule has 1 aliphatic heterocycles. The summed E-state index contributed by atoms with van der Waals surface area (Å²) in [6.07, 6.45) is 4.25. The summed E-state index contributed by atoms with van der Waals surface area (Å²) in [4.78, 5) is 47.2. The Labute approximate surface area is 278 Å². The van der Waals surface area contributed by atoms with Crippen molar-refractivity contribution in [3.8, 4) is 0 Å². The summed E-state index contributed by atoms with van der Waals surface area (Å²) in [5.74, 6) is -0.527. The van der Waals surface area contributed by atoms with Gasteiger partial charge in [0, 0.05) is 57.3 Å². The molecule has 9 heteroatoms. The first-order valence-electron chi connectivity index (χ1n) is 16.4. The summed E-state index contributed by atoms with van der Waals surface area (Å²) >= 11 is 0. The van der Waals surface area contributed by atoms with Crippen LogP contribution < -0.4 is 0 Å². The van der Waals surface area contributed by atoms with Gasteiger partial charge in [-0.3, -0.25) is 14.6 Å². The highest BCUT2D eigenvalue weighted by Gasteiger charge is 2.22. The average molecular weight is 642 g/mol. The topological polar surface area (TPSA) is 123 Å². The Morgan fingerprint density at radius 3 is 1.98 bits per heavy atom. The lowest BCUT2D eigenvalue weighted by molar-refractivity contribution is -0.141. The minimum absolute atomic E-state index is 0.247. The van der Waals surface area contributed by atoms with E-state index in [1.807, 2.05) is 6.20 Å². The summed E-state index contributed by atoms with van der Waals surface area (Å²) < 4.78 is 9.99. The number of ether oxygens (including phenoxy) is 2. The number of aryl methyl sites for hydroxylation is 5. The van der Waals surface area contributed by atoms with Gasteiger partial charge in [-0.15, -0.1) is 0 Å². The van der Waals surface area contributed by atoms with Crippen molar-refractivity contribution in [1.82, 2.24) is 24.9 Å². The van der Waals surface area contributed by atoms with Crippen LogP contribution in [0.2, 0.25) is 0 Å². The second kappa shape index (κ2) is 12.0. The molecule has 7 rings (SSSR count). The predicted molar refractivity (Wildman–Crippen MR) is 191 cm³/mol. The van der Waals surface area contributed by atoms with Gasteiger partial charge < -0.3 is 19.4 Å². The maximum absolute atomic E-state index is 12.3. The number of carbonyl (C=O) groups excluding carboxylic acids is 2. The van der Waals surface area contributed by atoms with Gasteiger partial charge in [-0.2, -0.15) is 0 Å². The number of esters is 2. The zero-order chi connectivity index (χ0) is 33.9. The molecule has 0 saturated heterocycles. The highest BCUT2D eigenvalue weighted by atomic mass is 16.5. The van der Waals surface area contributed by atoms with Crippen LogP contribution >= 0.6 is 0 Å². The van der Waals surface area contributed by atoms with E-state index in [2.05, 4.69) is 74.9 Å². The van der Waals surface area contributed by atoms with E-state index >= 15 is 0 Å². The molecular weight excluding hydrogens is 602 g/mol. The number of rotatable bonds is 7. The number of aromatic amines is 2. The molecule has 244 valence electrons. The van der Waals surface area contributed by atoms with Crippen LogP contribution in [-0.4, -0.2) is 51.1 Å². The number of hydrogen-bond donors (Lipinski definition) is 2. The van der Waals surface area contributed by atoms with Crippen molar-refractivity contribution in [2.24, 2.45) is 0 Å². The molecule has 6 heterocycles. The lowest BCUT2D eigenvalue weighted by Gasteiger charge is -2.05. The first-order chi connectivity index (χ1) is 23.1. The number of pyridine rings is 1. The Hall–Kier alpha value is -5.31. The van der Waals surface area contributed by atoms with Crippen LogP contribution in [0.3, 0.4) is 0 Å². The van der Waals surface area contributed by atoms with Crippen molar-refractivity contribution in [3.63, 3.8) is 0 Å². The lowest BCUT2D eigenvalue weighted by atomic mass is 9.99. The largest absolute Gasteiger partial charge is 0.469 e. The smallest absolute Gasteiger partial charge is 0.305 e. The molecule has 0 fully saturated rings. The van der Waals surface area contributed by atoms with Crippen LogP contribution in [0.15, 0.2) is 36.5 Å². The van der Waals surface area contributed by atoms with Gasteiger partial charge in [-0.25, -0.2) is 9.97 Å². The van der Waals surface area contributed by atoms with Crippen LogP contribution in [-0.2, 0) is 31.9 Å². The maximum atomic E-state index is 12.3. The molecule has 1 aromatic carbocycles. The van der Waals surface area contributed by atoms with E-state index in [1.165, 1.54) is 19.8 Å². The van der Waals surface area contributed by atoms with Crippen molar-refractivity contribution in [3.05, 3.63) is 75.7 Å². The van der Waals surface area contributed by atoms with Gasteiger partial charge in [0.25, 0.3) is 0 Å². The quantitative estimate of drug-likeness (QED) is 0.168. The van der Waals surface area contributed by atoms with E-state index in [0.717, 1.165) is 106 Å². The molecular formula is C39H39N5O4. The third-order valence-electron chi connectivity index (χ3n) is 10.0. The van der Waals surface area contributed by atoms with Gasteiger partial charge in [0.15, 0.2) is 0 Å². The molecule has 0 aliphatic carbocycles. The fourth-order valence-electron chi connectivity index (χ4n) is 7.29. The Morgan fingerprint density at radius 2 is 1.38 bits per heavy atom. The van der Waals surface area contributed by atoms with Crippen molar-refractivity contribution in [2.45, 2.75) is 66.7 Å². The van der Waals surface area contributed by atoms with Gasteiger partial charge in [0.1, 0.15) is 0 Å². The number of nitrogens with zero attached hydrogens (tertiary/aromatic N) is 3. The second-order valence-corrected chi connectivity index (χ2v) is 12.7. The van der Waals surface area contributed by atoms with E-state index in [-0.39, 0.29) is 24.8 Å². The van der Waals surface area contributed by atoms with E-state index < -0.39 is 0 Å². The predicted octanol–water partition coefficient (Wildman–Crippen LogP) is 8.21. The van der Waals surface area contributed by atoms with Crippen LogP contribution in [0.5, 0.6) is 0 Å². The zero-order valence-electron chi connectivity index (χ0n) is 28.5. The average Bonchev–Trinajstić information content (AvgIpc) is 3.78. The van der Waals surface area contributed by atoms with E-state index in [9.17, 15) is 9.59 Å². The number of carbonyl (C=O) groups is 2. The number of aromatic nitrogens is 5. The standard InChI is InChI=1S/C39H39N5O4/c1-8-23-20(3)30-15-28-21(4)24(10-13-34(45)47-6)31(41-28)17-32-25(11-14-35(46)48-7)22(5)29(42-32)16-33-36-19(2)18-40-27-12-9-26(38(23)43-30)39(44-33)37(27)36/h9,12,15-18,41-42H,8,10-11,13-14H2,1-7H3. The van der Waals surface area contributed by atoms with Crippen LogP contribution in [0.1, 0.15) is 72.3 Å². The molecule has 48 heavy (non-hydrogen) atoms. The fraction of sp³-hybridized carbons (Fsp3) is 0.308. The number of benzene rings is 1. The minimum atomic E-state index is -0.266. The first kappa shape index (κ1) is 31.3. The summed E-state index contributed by atoms with van der Waals surface area (Å²) in [7, 11) is 2.83. The summed E-state index contributed by atoms with van der Waals surface area (Å²) in [6.45, 7) is 10.5. The first-order valence-corrected chi connectivity index (χ1v) is 16.4. The monoisotopic (exact) mass is 641 g/mol. The van der Waals surface area contributed by atoms with E-state index in [1.54, 1.807) is 0 Å². The lowest BCUT2D eigenvalue weighted by Crippen LogP contribution is -2.02. The summed E-state index contributed by atoms with van der Waals surface area (Å²) in [5, 5.41) is 3.10. The number of hydrogen-bond acceptors (Lipinski definition) is 7. The Morgan fingerprint density at radius 1 is 0.750 bits per heavy atom. The highest BCUT2D eigenvalue weighted by Crippen LogP contribution is 2.40. The molecule has 2 N–H and O–H groups in total. The SMILES string of the molecule is CCC1=C(C)c2cc3[nH]c(cc4[nH]c(cc5nc6c(ccc7ncc(C)c5c76)c1n2)c(C)c4CCC(=O)OC)c(CCC(=O)OC)c3C. The molecule has 0 radical (unpaired) electrons. The summed E-state index contributed by atoms with van der Waals surface area (Å²) in [6, 6.07) is 10.5. The molecule has 0 spiro atoms. The Bertz CT molecular complexity index is 2450. The second-order valence-electron chi connectivity index (χ2n) is 12.7. The van der Waals surface area contributed by atoms with Gasteiger partial charge >= 0.3 is 11.9 Å². The molecule has 0 atom stereocenters. The van der Waals surface area contributed by atoms with Crippen molar-refractivity contribution in [1.29, 1.82) is 0 Å².